The Balaban J connectivity index is 1.64. The molecule has 0 aromatic carbocycles. The van der Waals surface area contributed by atoms with Crippen LogP contribution >= 0.6 is 0 Å². The van der Waals surface area contributed by atoms with Crippen molar-refractivity contribution in [2.24, 2.45) is 0 Å². The first-order valence-electron chi connectivity index (χ1n) is 23.8. The molecule has 0 saturated heterocycles. The molecule has 0 nitrogen and oxygen atoms in total. The van der Waals surface area contributed by atoms with Crippen LogP contribution < -0.4 is 0 Å². The highest BCUT2D eigenvalue weighted by Crippen LogP contribution is 2.80. The summed E-state index contributed by atoms with van der Waals surface area (Å²) in [5.41, 5.74) is 14.3. The predicted molar refractivity (Wildman–Crippen MR) is 233 cm³/mol. The fraction of sp³-hybridized carbons (Fsp3) is 0.692. The topological polar surface area (TPSA) is 0 Å². The second-order valence-corrected chi connectivity index (χ2v) is 23.5. The maximum Gasteiger partial charge on any atom is 0.127 e. The van der Waals surface area contributed by atoms with Crippen LogP contribution in [0.15, 0.2) is 92.8 Å². The Kier molecular flexibility index (Phi) is 12.6. The molecule has 1 unspecified atom stereocenters. The predicted octanol–water partition coefficient (Wildman–Crippen LogP) is 16.8. The van der Waals surface area contributed by atoms with Crippen LogP contribution in [-0.2, 0) is 0 Å². The van der Waals surface area contributed by atoms with Gasteiger partial charge in [0.15, 0.2) is 0 Å². The Morgan fingerprint density at radius 1 is 0.340 bits per heavy atom. The van der Waals surface area contributed by atoms with Gasteiger partial charge >= 0.3 is 0 Å². The van der Waals surface area contributed by atoms with E-state index < -0.39 is 8.07 Å². The number of hydrogen-bond donors (Lipinski definition) is 0. The first-order chi connectivity index (χ1) is 26.3. The van der Waals surface area contributed by atoms with Gasteiger partial charge in [-0.25, -0.2) is 0 Å². The molecule has 1 heteroatoms. The average molecular weight is 729 g/mol. The van der Waals surface area contributed by atoms with Crippen molar-refractivity contribution in [3.63, 3.8) is 0 Å². The molecule has 1 atom stereocenters. The Bertz CT molecular complexity index is 1350. The molecular weight excluding hydrogens is 653 g/mol. The van der Waals surface area contributed by atoms with Crippen molar-refractivity contribution < 1.29 is 0 Å². The lowest BCUT2D eigenvalue weighted by molar-refractivity contribution is 0.513. The second kappa shape index (κ2) is 17.5. The summed E-state index contributed by atoms with van der Waals surface area (Å²) < 4.78 is 0. The van der Waals surface area contributed by atoms with Gasteiger partial charge in [0.1, 0.15) is 8.07 Å². The van der Waals surface area contributed by atoms with Gasteiger partial charge in [0.2, 0.25) is 0 Å². The molecule has 0 fully saturated rings. The fourth-order valence-corrected chi connectivity index (χ4v) is 23.9. The number of allylic oxidation sites excluding steroid dienone is 16. The van der Waals surface area contributed by atoms with Crippen LogP contribution in [0, 0.1) is 0 Å². The van der Waals surface area contributed by atoms with Gasteiger partial charge in [0.05, 0.1) is 0 Å². The molecule has 0 saturated carbocycles. The van der Waals surface area contributed by atoms with Gasteiger partial charge in [-0.05, 0) is 211 Å². The van der Waals surface area contributed by atoms with E-state index in [1.165, 1.54) is 205 Å². The van der Waals surface area contributed by atoms with E-state index >= 15 is 0 Å². The molecule has 0 aromatic heterocycles. The average Bonchev–Trinajstić information content (AvgIpc) is 3.26. The van der Waals surface area contributed by atoms with Crippen molar-refractivity contribution in [1.29, 1.82) is 0 Å². The summed E-state index contributed by atoms with van der Waals surface area (Å²) in [7, 11) is -2.79. The van der Waals surface area contributed by atoms with Crippen molar-refractivity contribution in [1.82, 2.24) is 0 Å². The van der Waals surface area contributed by atoms with Crippen molar-refractivity contribution in [3.8, 4) is 0 Å². The highest BCUT2D eigenvalue weighted by atomic mass is 28.3. The molecular formula is C52H76Si. The number of hydrogen-bond acceptors (Lipinski definition) is 0. The lowest BCUT2D eigenvalue weighted by Gasteiger charge is -2.69. The molecule has 0 bridgehead atoms. The van der Waals surface area contributed by atoms with Crippen LogP contribution in [0.4, 0.5) is 0 Å². The van der Waals surface area contributed by atoms with Gasteiger partial charge in [-0.2, -0.15) is 0 Å². The van der Waals surface area contributed by atoms with E-state index in [1.54, 1.807) is 0 Å². The Morgan fingerprint density at radius 3 is 0.868 bits per heavy atom. The molecule has 8 rings (SSSR count). The quantitative estimate of drug-likeness (QED) is 0.147. The maximum atomic E-state index is 3.02. The molecule has 8 aliphatic carbocycles. The SMILES string of the molecule is CC(C1=CCCCC1)[Si](C1=CCCCC1)(C(C1=CCCCC1)(C1=CCCCC1)C1=CCCCC1)C(C1=CCCCC1)(C1=CCCCC1)C1=CCCCC1. The van der Waals surface area contributed by atoms with E-state index in [9.17, 15) is 0 Å². The van der Waals surface area contributed by atoms with Gasteiger partial charge in [-0.3, -0.25) is 0 Å². The van der Waals surface area contributed by atoms with Gasteiger partial charge in [0, 0.05) is 10.1 Å². The lowest BCUT2D eigenvalue weighted by atomic mass is 9.71. The minimum atomic E-state index is -2.79. The zero-order chi connectivity index (χ0) is 36.0. The maximum absolute atomic E-state index is 3.02. The first kappa shape index (κ1) is 38.0. The highest BCUT2D eigenvalue weighted by molar-refractivity contribution is 6.97. The molecule has 8 aliphatic rings. The Morgan fingerprint density at radius 2 is 0.623 bits per heavy atom. The summed E-state index contributed by atoms with van der Waals surface area (Å²) >= 11 is 0. The van der Waals surface area contributed by atoms with Crippen LogP contribution in [0.25, 0.3) is 0 Å². The molecule has 0 N–H and O–H groups in total. The monoisotopic (exact) mass is 729 g/mol. The Labute approximate surface area is 327 Å². The van der Waals surface area contributed by atoms with E-state index in [4.69, 9.17) is 0 Å². The fourth-order valence-electron chi connectivity index (χ4n) is 14.3. The van der Waals surface area contributed by atoms with Crippen molar-refractivity contribution in [2.45, 2.75) is 228 Å². The van der Waals surface area contributed by atoms with Crippen molar-refractivity contribution in [3.05, 3.63) is 92.8 Å². The summed E-state index contributed by atoms with van der Waals surface area (Å²) in [5, 5.41) is 2.24. The standard InChI is InChI=1S/C52H76Si/c1-42(43-26-10-2-11-27-43)53(50-40-24-9-25-41-50,51(44-28-12-3-13-29-44,45-30-14-4-15-31-45)46-32-16-5-17-33-46)52(47-34-18-6-19-35-47,48-36-20-7-21-37-48)49-38-22-8-23-39-49/h26,28,30,32,34,36,38,40,42H,2-25,27,29,31,33,35,37,39,41H2,1H3. The third-order valence-corrected chi connectivity index (χ3v) is 23.6. The van der Waals surface area contributed by atoms with Crippen LogP contribution in [0.5, 0.6) is 0 Å². The molecule has 0 amide bonds. The minimum Gasteiger partial charge on any atom is -0.0890 e. The molecule has 0 heterocycles. The normalized spacial score (nSPS) is 26.1. The summed E-state index contributed by atoms with van der Waals surface area (Å²) in [5.74, 6) is 0. The van der Waals surface area contributed by atoms with E-state index in [1.807, 2.05) is 39.0 Å². The Hall–Kier alpha value is -1.86. The van der Waals surface area contributed by atoms with E-state index in [0.717, 1.165) is 0 Å². The zero-order valence-corrected chi connectivity index (χ0v) is 35.3. The molecule has 0 aromatic rings. The minimum absolute atomic E-state index is 0.0873. The zero-order valence-electron chi connectivity index (χ0n) is 34.3. The van der Waals surface area contributed by atoms with Gasteiger partial charge in [-0.15, -0.1) is 0 Å². The van der Waals surface area contributed by atoms with Crippen LogP contribution in [0.3, 0.4) is 0 Å². The smallest absolute Gasteiger partial charge is 0.0890 e. The largest absolute Gasteiger partial charge is 0.127 e. The van der Waals surface area contributed by atoms with Crippen molar-refractivity contribution in [2.75, 3.05) is 0 Å². The summed E-state index contributed by atoms with van der Waals surface area (Å²) in [6.07, 6.45) is 67.2. The molecule has 288 valence electrons. The van der Waals surface area contributed by atoms with E-state index in [-0.39, 0.29) is 10.1 Å². The third kappa shape index (κ3) is 6.65. The first-order valence-corrected chi connectivity index (χ1v) is 25.9. The van der Waals surface area contributed by atoms with E-state index in [2.05, 4.69) is 60.7 Å². The van der Waals surface area contributed by atoms with Gasteiger partial charge in [0.25, 0.3) is 0 Å². The third-order valence-electron chi connectivity index (χ3n) is 16.1. The summed E-state index contributed by atoms with van der Waals surface area (Å²) in [6.45, 7) is 2.94. The molecule has 0 spiro atoms. The summed E-state index contributed by atoms with van der Waals surface area (Å²) in [6, 6.07) is 0. The van der Waals surface area contributed by atoms with E-state index in [0.29, 0.717) is 5.54 Å². The summed E-state index contributed by atoms with van der Waals surface area (Å²) in [4.78, 5) is 0. The van der Waals surface area contributed by atoms with Gasteiger partial charge < -0.3 is 0 Å². The van der Waals surface area contributed by atoms with Crippen molar-refractivity contribution >= 4 is 8.07 Å². The van der Waals surface area contributed by atoms with Crippen LogP contribution in [0.2, 0.25) is 15.6 Å². The number of rotatable bonds is 11. The highest BCUT2D eigenvalue weighted by Gasteiger charge is 2.73. The molecule has 53 heavy (non-hydrogen) atoms. The second-order valence-electron chi connectivity index (χ2n) is 18.9. The van der Waals surface area contributed by atoms with Gasteiger partial charge in [-0.1, -0.05) is 99.7 Å². The lowest BCUT2D eigenvalue weighted by Crippen LogP contribution is -2.66. The molecule has 0 radical (unpaired) electrons. The van der Waals surface area contributed by atoms with Crippen LogP contribution in [-0.4, -0.2) is 8.07 Å². The van der Waals surface area contributed by atoms with Crippen LogP contribution in [0.1, 0.15) is 212 Å². The molecule has 0 aliphatic heterocycles.